The van der Waals surface area contributed by atoms with Crippen LogP contribution in [-0.2, 0) is 27.2 Å². The predicted octanol–water partition coefficient (Wildman–Crippen LogP) is 5.09. The third-order valence-corrected chi connectivity index (χ3v) is 8.72. The number of thioether (sulfide) groups is 1. The molecule has 0 fully saturated rings. The number of pyridine rings is 1. The third-order valence-electron chi connectivity index (χ3n) is 6.85. The zero-order valence-electron chi connectivity index (χ0n) is 22.1. The second-order valence-corrected chi connectivity index (χ2v) is 11.3. The van der Waals surface area contributed by atoms with Crippen molar-refractivity contribution in [1.29, 1.82) is 10.5 Å². The van der Waals surface area contributed by atoms with Crippen molar-refractivity contribution in [2.45, 2.75) is 30.8 Å². The first-order valence-corrected chi connectivity index (χ1v) is 14.7. The van der Waals surface area contributed by atoms with E-state index in [2.05, 4.69) is 24.1 Å². The summed E-state index contributed by atoms with van der Waals surface area (Å²) in [7, 11) is 2.07. The fourth-order valence-electron chi connectivity index (χ4n) is 5.04. The molecule has 0 spiro atoms. The zero-order chi connectivity index (χ0) is 28.2. The van der Waals surface area contributed by atoms with E-state index in [1.165, 1.54) is 11.8 Å². The van der Waals surface area contributed by atoms with Crippen LogP contribution in [0.3, 0.4) is 0 Å². The van der Waals surface area contributed by atoms with Gasteiger partial charge in [-0.3, -0.25) is 0 Å². The minimum Gasteiger partial charge on any atom is -0.463 e. The van der Waals surface area contributed by atoms with Crippen molar-refractivity contribution in [1.82, 2.24) is 9.88 Å². The van der Waals surface area contributed by atoms with E-state index < -0.39 is 11.9 Å². The number of hydrogen-bond donors (Lipinski definition) is 1. The molecule has 10 heteroatoms. The van der Waals surface area contributed by atoms with Crippen LogP contribution in [0, 0.1) is 22.7 Å². The highest BCUT2D eigenvalue weighted by Gasteiger charge is 2.38. The van der Waals surface area contributed by atoms with Crippen molar-refractivity contribution >= 4 is 29.1 Å². The normalized spacial score (nSPS) is 17.1. The van der Waals surface area contributed by atoms with Gasteiger partial charge in [0, 0.05) is 35.6 Å². The van der Waals surface area contributed by atoms with Gasteiger partial charge in [0.15, 0.2) is 0 Å². The molecule has 0 radical (unpaired) electrons. The first-order chi connectivity index (χ1) is 19.5. The SMILES string of the molecule is CCOC(=O)C1=C(CSc2nc3c(c(-c4cccs4)c2C#N)CN(C)CC3)OC(N)=C(C#N)C1c1ccccc1. The lowest BCUT2D eigenvalue weighted by atomic mass is 9.83. The van der Waals surface area contributed by atoms with Gasteiger partial charge in [-0.05, 0) is 36.5 Å². The molecule has 202 valence electrons. The third kappa shape index (κ3) is 5.22. The summed E-state index contributed by atoms with van der Waals surface area (Å²) in [5.41, 5.74) is 10.8. The number of carbonyl (C=O) groups is 1. The number of thiophene rings is 1. The second kappa shape index (κ2) is 12.0. The molecule has 1 unspecified atom stereocenters. The lowest BCUT2D eigenvalue weighted by molar-refractivity contribution is -0.139. The number of allylic oxidation sites excluding steroid dienone is 1. The maximum absolute atomic E-state index is 13.3. The van der Waals surface area contributed by atoms with E-state index in [4.69, 9.17) is 20.2 Å². The molecular formula is C30H27N5O3S2. The van der Waals surface area contributed by atoms with E-state index in [0.717, 1.165) is 40.2 Å². The molecule has 40 heavy (non-hydrogen) atoms. The smallest absolute Gasteiger partial charge is 0.338 e. The van der Waals surface area contributed by atoms with Crippen LogP contribution < -0.4 is 5.73 Å². The number of nitrogens with two attached hydrogens (primary N) is 1. The largest absolute Gasteiger partial charge is 0.463 e. The molecule has 2 N–H and O–H groups in total. The molecular weight excluding hydrogens is 542 g/mol. The van der Waals surface area contributed by atoms with Crippen LogP contribution in [0.25, 0.3) is 10.4 Å². The summed E-state index contributed by atoms with van der Waals surface area (Å²) in [4.78, 5) is 21.5. The van der Waals surface area contributed by atoms with Crippen molar-refractivity contribution in [3.05, 3.63) is 93.0 Å². The molecule has 3 aromatic rings. The summed E-state index contributed by atoms with van der Waals surface area (Å²) in [6.07, 6.45) is 0.772. The van der Waals surface area contributed by atoms with Crippen molar-refractivity contribution in [3.8, 4) is 22.6 Å². The Labute approximate surface area is 241 Å². The topological polar surface area (TPSA) is 125 Å². The minimum absolute atomic E-state index is 0.0544. The number of carbonyl (C=O) groups excluding carboxylic acids is 1. The van der Waals surface area contributed by atoms with Gasteiger partial charge in [0.05, 0.1) is 29.4 Å². The average molecular weight is 570 g/mol. The van der Waals surface area contributed by atoms with Gasteiger partial charge in [-0.1, -0.05) is 48.2 Å². The predicted molar refractivity (Wildman–Crippen MR) is 154 cm³/mol. The lowest BCUT2D eigenvalue weighted by Gasteiger charge is -2.29. The number of esters is 1. The van der Waals surface area contributed by atoms with Crippen LogP contribution in [0.1, 0.15) is 35.2 Å². The number of aromatic nitrogens is 1. The molecule has 2 aliphatic rings. The summed E-state index contributed by atoms with van der Waals surface area (Å²) in [5, 5.41) is 22.8. The van der Waals surface area contributed by atoms with Gasteiger partial charge in [0.1, 0.15) is 28.5 Å². The van der Waals surface area contributed by atoms with Crippen molar-refractivity contribution < 1.29 is 14.3 Å². The Bertz CT molecular complexity index is 1580. The first kappa shape index (κ1) is 27.5. The monoisotopic (exact) mass is 569 g/mol. The molecule has 0 amide bonds. The van der Waals surface area contributed by atoms with E-state index >= 15 is 0 Å². The number of likely N-dealkylation sites (N-methyl/N-ethyl adjacent to an activating group) is 1. The van der Waals surface area contributed by atoms with Crippen LogP contribution in [0.5, 0.6) is 0 Å². The van der Waals surface area contributed by atoms with Gasteiger partial charge in [-0.15, -0.1) is 11.3 Å². The molecule has 1 aromatic carbocycles. The van der Waals surface area contributed by atoms with E-state index in [9.17, 15) is 15.3 Å². The van der Waals surface area contributed by atoms with Gasteiger partial charge in [0.2, 0.25) is 5.88 Å². The number of nitriles is 2. The Hall–Kier alpha value is -4.09. The fourth-order valence-corrected chi connectivity index (χ4v) is 6.80. The van der Waals surface area contributed by atoms with E-state index in [1.807, 2.05) is 47.8 Å². The molecule has 1 atom stereocenters. The van der Waals surface area contributed by atoms with Crippen LogP contribution in [0.15, 0.2) is 75.7 Å². The molecule has 4 heterocycles. The Balaban J connectivity index is 1.60. The number of fused-ring (bicyclic) bond motifs is 1. The maximum atomic E-state index is 13.3. The van der Waals surface area contributed by atoms with Gasteiger partial charge >= 0.3 is 5.97 Å². The maximum Gasteiger partial charge on any atom is 0.338 e. The molecule has 2 aromatic heterocycles. The van der Waals surface area contributed by atoms with Crippen LogP contribution in [0.4, 0.5) is 0 Å². The minimum atomic E-state index is -0.737. The van der Waals surface area contributed by atoms with Crippen molar-refractivity contribution in [3.63, 3.8) is 0 Å². The average Bonchev–Trinajstić information content (AvgIpc) is 3.50. The second-order valence-electron chi connectivity index (χ2n) is 9.35. The van der Waals surface area contributed by atoms with Crippen molar-refractivity contribution in [2.24, 2.45) is 5.73 Å². The van der Waals surface area contributed by atoms with Gasteiger partial charge < -0.3 is 20.1 Å². The summed E-state index contributed by atoms with van der Waals surface area (Å²) >= 11 is 2.91. The molecule has 0 bridgehead atoms. The fraction of sp³-hybridized carbons (Fsp3) is 0.267. The zero-order valence-corrected chi connectivity index (χ0v) is 23.8. The number of rotatable bonds is 7. The standard InChI is InChI=1S/C30H27N5O3S2/c1-3-37-30(36)27-23(38-28(33)19(14-31)25(27)18-8-5-4-6-9-18)17-40-29-20(15-32)26(24-10-7-13-39-24)21-16-35(2)12-11-22(21)34-29/h4-10,13,25H,3,11-12,16-17,33H2,1-2H3. The van der Waals surface area contributed by atoms with Gasteiger partial charge in [-0.25, -0.2) is 9.78 Å². The van der Waals surface area contributed by atoms with Crippen molar-refractivity contribution in [2.75, 3.05) is 26.0 Å². The van der Waals surface area contributed by atoms with Crippen LogP contribution in [0.2, 0.25) is 0 Å². The molecule has 8 nitrogen and oxygen atoms in total. The summed E-state index contributed by atoms with van der Waals surface area (Å²) in [5.74, 6) is -0.913. The molecule has 0 saturated carbocycles. The first-order valence-electron chi connectivity index (χ1n) is 12.8. The number of ether oxygens (including phenoxy) is 2. The molecule has 0 saturated heterocycles. The highest BCUT2D eigenvalue weighted by molar-refractivity contribution is 7.99. The Morgan fingerprint density at radius 2 is 2.05 bits per heavy atom. The van der Waals surface area contributed by atoms with E-state index in [1.54, 1.807) is 18.3 Å². The number of hydrogen-bond acceptors (Lipinski definition) is 10. The Morgan fingerprint density at radius 1 is 1.25 bits per heavy atom. The number of benzene rings is 1. The lowest BCUT2D eigenvalue weighted by Crippen LogP contribution is -2.28. The van der Waals surface area contributed by atoms with Crippen LogP contribution in [-0.4, -0.2) is 41.8 Å². The quantitative estimate of drug-likeness (QED) is 0.306. The molecule has 5 rings (SSSR count). The molecule has 2 aliphatic heterocycles. The number of nitrogens with zero attached hydrogens (tertiary/aromatic N) is 4. The highest BCUT2D eigenvalue weighted by atomic mass is 32.2. The summed E-state index contributed by atoms with van der Waals surface area (Å²) in [6.45, 7) is 3.48. The van der Waals surface area contributed by atoms with Crippen LogP contribution >= 0.6 is 23.1 Å². The Kier molecular flexibility index (Phi) is 8.22. The highest BCUT2D eigenvalue weighted by Crippen LogP contribution is 2.43. The van der Waals surface area contributed by atoms with Gasteiger partial charge in [0.25, 0.3) is 0 Å². The summed E-state index contributed by atoms with van der Waals surface area (Å²) < 4.78 is 11.3. The molecule has 0 aliphatic carbocycles. The van der Waals surface area contributed by atoms with E-state index in [-0.39, 0.29) is 35.1 Å². The summed E-state index contributed by atoms with van der Waals surface area (Å²) in [6, 6.07) is 17.7. The van der Waals surface area contributed by atoms with E-state index in [0.29, 0.717) is 17.1 Å². The van der Waals surface area contributed by atoms with Gasteiger partial charge in [-0.2, -0.15) is 10.5 Å². The Morgan fingerprint density at radius 3 is 2.73 bits per heavy atom.